The number of nitrogens with two attached hydrogens (primary N) is 1. The van der Waals surface area contributed by atoms with E-state index in [1.165, 1.54) is 0 Å². The van der Waals surface area contributed by atoms with Crippen molar-refractivity contribution in [2.24, 2.45) is 5.73 Å². The lowest BCUT2D eigenvalue weighted by molar-refractivity contribution is 0.0995. The number of hydrogen-bond donors (Lipinski definition) is 1. The Morgan fingerprint density at radius 2 is 2.12 bits per heavy atom. The number of carbonyl (C=O) groups is 1. The van der Waals surface area contributed by atoms with Gasteiger partial charge in [-0.15, -0.1) is 5.10 Å². The summed E-state index contributed by atoms with van der Waals surface area (Å²) in [5, 5.41) is 11.5. The second-order valence-corrected chi connectivity index (χ2v) is 3.85. The molecule has 2 aromatic heterocycles. The van der Waals surface area contributed by atoms with Gasteiger partial charge in [0, 0.05) is 5.56 Å². The van der Waals surface area contributed by atoms with Crippen molar-refractivity contribution in [1.29, 1.82) is 0 Å². The van der Waals surface area contributed by atoms with Crippen LogP contribution in [0.5, 0.6) is 0 Å². The first-order chi connectivity index (χ1) is 8.00. The van der Waals surface area contributed by atoms with E-state index in [1.807, 2.05) is 13.8 Å². The van der Waals surface area contributed by atoms with E-state index in [9.17, 15) is 4.79 Å². The van der Waals surface area contributed by atoms with E-state index in [1.54, 1.807) is 11.6 Å². The van der Waals surface area contributed by atoms with Crippen LogP contribution >= 0.6 is 0 Å². The van der Waals surface area contributed by atoms with E-state index in [2.05, 4.69) is 15.5 Å². The van der Waals surface area contributed by atoms with Crippen molar-refractivity contribution >= 4 is 5.91 Å². The average Bonchev–Trinajstić information content (AvgIpc) is 2.77. The topological polar surface area (TPSA) is 99.8 Å². The van der Waals surface area contributed by atoms with Crippen LogP contribution in [0, 0.1) is 20.8 Å². The predicted molar refractivity (Wildman–Crippen MR) is 58.4 cm³/mol. The average molecular weight is 235 g/mol. The van der Waals surface area contributed by atoms with E-state index in [-0.39, 0.29) is 5.69 Å². The zero-order chi connectivity index (χ0) is 12.6. The van der Waals surface area contributed by atoms with Crippen LogP contribution in [-0.4, -0.2) is 26.1 Å². The number of rotatable bonds is 3. The third kappa shape index (κ3) is 1.91. The SMILES string of the molecule is Cc1noc(C)c1Cn1nnc(C(N)=O)c1C. The maximum atomic E-state index is 11.0. The van der Waals surface area contributed by atoms with Crippen molar-refractivity contribution in [2.45, 2.75) is 27.3 Å². The second kappa shape index (κ2) is 4.00. The number of primary amides is 1. The molecule has 0 saturated heterocycles. The lowest BCUT2D eigenvalue weighted by atomic mass is 10.2. The smallest absolute Gasteiger partial charge is 0.271 e. The Hall–Kier alpha value is -2.18. The van der Waals surface area contributed by atoms with Crippen LogP contribution < -0.4 is 5.73 Å². The molecule has 0 saturated carbocycles. The van der Waals surface area contributed by atoms with Gasteiger partial charge < -0.3 is 10.3 Å². The molecule has 17 heavy (non-hydrogen) atoms. The van der Waals surface area contributed by atoms with E-state index >= 15 is 0 Å². The van der Waals surface area contributed by atoms with Crippen LogP contribution in [0.3, 0.4) is 0 Å². The molecule has 0 spiro atoms. The maximum Gasteiger partial charge on any atom is 0.271 e. The zero-order valence-corrected chi connectivity index (χ0v) is 9.89. The molecule has 7 nitrogen and oxygen atoms in total. The van der Waals surface area contributed by atoms with Crippen molar-refractivity contribution in [2.75, 3.05) is 0 Å². The Kier molecular flexibility index (Phi) is 2.66. The number of amides is 1. The fourth-order valence-corrected chi connectivity index (χ4v) is 1.62. The van der Waals surface area contributed by atoms with Crippen molar-refractivity contribution in [3.63, 3.8) is 0 Å². The Labute approximate surface area is 97.6 Å². The molecule has 7 heteroatoms. The highest BCUT2D eigenvalue weighted by molar-refractivity contribution is 5.91. The van der Waals surface area contributed by atoms with Gasteiger partial charge in [-0.2, -0.15) is 0 Å². The molecule has 2 N–H and O–H groups in total. The van der Waals surface area contributed by atoms with Crippen LogP contribution in [0.15, 0.2) is 4.52 Å². The quantitative estimate of drug-likeness (QED) is 0.826. The molecule has 0 aromatic carbocycles. The predicted octanol–water partition coefficient (Wildman–Crippen LogP) is 0.339. The lowest BCUT2D eigenvalue weighted by Crippen LogP contribution is -2.14. The Bertz CT molecular complexity index is 550. The molecule has 2 aromatic rings. The molecule has 0 aliphatic heterocycles. The van der Waals surface area contributed by atoms with Crippen molar-refractivity contribution in [3.05, 3.63) is 28.4 Å². The van der Waals surface area contributed by atoms with Crippen LogP contribution in [0.1, 0.15) is 33.2 Å². The summed E-state index contributed by atoms with van der Waals surface area (Å²) in [6, 6.07) is 0. The molecule has 0 atom stereocenters. The number of nitrogens with zero attached hydrogens (tertiary/aromatic N) is 4. The first-order valence-electron chi connectivity index (χ1n) is 5.12. The number of carbonyl (C=O) groups excluding carboxylic acids is 1. The zero-order valence-electron chi connectivity index (χ0n) is 9.89. The Morgan fingerprint density at radius 3 is 2.59 bits per heavy atom. The van der Waals surface area contributed by atoms with Gasteiger partial charge in [0.15, 0.2) is 5.69 Å². The van der Waals surface area contributed by atoms with E-state index in [4.69, 9.17) is 10.3 Å². The number of aryl methyl sites for hydroxylation is 2. The van der Waals surface area contributed by atoms with Gasteiger partial charge in [0.05, 0.1) is 17.9 Å². The van der Waals surface area contributed by atoms with Crippen LogP contribution in [0.4, 0.5) is 0 Å². The molecular weight excluding hydrogens is 222 g/mol. The summed E-state index contributed by atoms with van der Waals surface area (Å²) in [6.45, 7) is 5.90. The lowest BCUT2D eigenvalue weighted by Gasteiger charge is -2.02. The Balaban J connectivity index is 2.34. The largest absolute Gasteiger partial charge is 0.364 e. The molecule has 0 bridgehead atoms. The molecule has 0 fully saturated rings. The van der Waals surface area contributed by atoms with Crippen molar-refractivity contribution < 1.29 is 9.32 Å². The standard InChI is InChI=1S/C10H13N5O2/c1-5-8(7(3)17-13-5)4-15-6(2)9(10(11)16)12-14-15/h4H2,1-3H3,(H2,11,16). The van der Waals surface area contributed by atoms with Crippen molar-refractivity contribution in [1.82, 2.24) is 20.2 Å². The summed E-state index contributed by atoms with van der Waals surface area (Å²) >= 11 is 0. The minimum atomic E-state index is -0.576. The first kappa shape index (κ1) is 11.3. The third-order valence-corrected chi connectivity index (χ3v) is 2.71. The van der Waals surface area contributed by atoms with Crippen LogP contribution in [-0.2, 0) is 6.54 Å². The fourth-order valence-electron chi connectivity index (χ4n) is 1.62. The van der Waals surface area contributed by atoms with Gasteiger partial charge >= 0.3 is 0 Å². The monoisotopic (exact) mass is 235 g/mol. The highest BCUT2D eigenvalue weighted by Crippen LogP contribution is 2.15. The molecule has 2 rings (SSSR count). The van der Waals surface area contributed by atoms with Crippen molar-refractivity contribution in [3.8, 4) is 0 Å². The molecule has 1 amide bonds. The molecular formula is C10H13N5O2. The minimum Gasteiger partial charge on any atom is -0.364 e. The van der Waals surface area contributed by atoms with E-state index in [0.29, 0.717) is 12.2 Å². The van der Waals surface area contributed by atoms with Gasteiger partial charge in [0.2, 0.25) is 0 Å². The number of hydrogen-bond acceptors (Lipinski definition) is 5. The maximum absolute atomic E-state index is 11.0. The summed E-state index contributed by atoms with van der Waals surface area (Å²) in [4.78, 5) is 11.0. The highest BCUT2D eigenvalue weighted by Gasteiger charge is 2.16. The minimum absolute atomic E-state index is 0.191. The third-order valence-electron chi connectivity index (χ3n) is 2.71. The van der Waals surface area contributed by atoms with E-state index in [0.717, 1.165) is 17.0 Å². The van der Waals surface area contributed by atoms with Crippen LogP contribution in [0.2, 0.25) is 0 Å². The molecule has 0 aliphatic rings. The first-order valence-corrected chi connectivity index (χ1v) is 5.12. The molecule has 2 heterocycles. The second-order valence-electron chi connectivity index (χ2n) is 3.85. The molecule has 90 valence electrons. The van der Waals surface area contributed by atoms with E-state index < -0.39 is 5.91 Å². The molecule has 0 radical (unpaired) electrons. The molecule has 0 unspecified atom stereocenters. The summed E-state index contributed by atoms with van der Waals surface area (Å²) in [6.07, 6.45) is 0. The number of aromatic nitrogens is 4. The Morgan fingerprint density at radius 1 is 1.41 bits per heavy atom. The van der Waals surface area contributed by atoms with Crippen LogP contribution in [0.25, 0.3) is 0 Å². The van der Waals surface area contributed by atoms with Gasteiger partial charge in [0.1, 0.15) is 5.76 Å². The molecule has 0 aliphatic carbocycles. The summed E-state index contributed by atoms with van der Waals surface area (Å²) < 4.78 is 6.66. The van der Waals surface area contributed by atoms with Gasteiger partial charge in [0.25, 0.3) is 5.91 Å². The summed E-state index contributed by atoms with van der Waals surface area (Å²) in [5.41, 5.74) is 7.75. The normalized spacial score (nSPS) is 10.8. The fraction of sp³-hybridized carbons (Fsp3) is 0.400. The van der Waals surface area contributed by atoms with Gasteiger partial charge in [-0.05, 0) is 20.8 Å². The summed E-state index contributed by atoms with van der Waals surface area (Å²) in [7, 11) is 0. The highest BCUT2D eigenvalue weighted by atomic mass is 16.5. The van der Waals surface area contributed by atoms with Gasteiger partial charge in [-0.1, -0.05) is 10.4 Å². The summed E-state index contributed by atoms with van der Waals surface area (Å²) in [5.74, 6) is 0.158. The van der Waals surface area contributed by atoms with Gasteiger partial charge in [-0.25, -0.2) is 4.68 Å². The van der Waals surface area contributed by atoms with Gasteiger partial charge in [-0.3, -0.25) is 4.79 Å².